The largest absolute Gasteiger partial charge is 0.347 e. The van der Waals surface area contributed by atoms with Crippen LogP contribution >= 0.6 is 0 Å². The number of Topliss-reactive ketones (excluding diaryl/α,β-unsaturated/α-hetero) is 1. The van der Waals surface area contributed by atoms with Crippen molar-refractivity contribution in [1.29, 1.82) is 0 Å². The summed E-state index contributed by atoms with van der Waals surface area (Å²) in [6, 6.07) is 13.7. The lowest BCUT2D eigenvalue weighted by Gasteiger charge is -2.42. The van der Waals surface area contributed by atoms with Crippen LogP contribution in [-0.2, 0) is 13.6 Å². The molecule has 0 unspecified atom stereocenters. The maximum absolute atomic E-state index is 13.3. The number of fused-ring (bicyclic) bond motifs is 5. The molecule has 28 heavy (non-hydrogen) atoms. The molecule has 2 aliphatic heterocycles. The highest BCUT2D eigenvalue weighted by Crippen LogP contribution is 2.35. The Hall–Kier alpha value is -2.66. The summed E-state index contributed by atoms with van der Waals surface area (Å²) in [7, 11) is 2.02. The molecule has 0 amide bonds. The van der Waals surface area contributed by atoms with Gasteiger partial charge >= 0.3 is 0 Å². The van der Waals surface area contributed by atoms with Gasteiger partial charge in [-0.2, -0.15) is 0 Å². The van der Waals surface area contributed by atoms with Gasteiger partial charge in [-0.05, 0) is 31.4 Å². The monoisotopic (exact) mass is 375 g/mol. The van der Waals surface area contributed by atoms with Crippen LogP contribution < -0.4 is 5.56 Å². The standard InChI is InChI=1S/C23H25N3O2/c1-15-23(18-6-3-4-7-20(18)24(15)2)21(27)14-25-11-16-10-17(13-25)19-8-5-9-22(28)26(19)12-16/h3-9,16-17H,10-14H2,1-2H3/t16-,17-/m0/s1. The van der Waals surface area contributed by atoms with Crippen LogP contribution in [0.3, 0.4) is 0 Å². The summed E-state index contributed by atoms with van der Waals surface area (Å²) < 4.78 is 4.04. The second kappa shape index (κ2) is 6.45. The van der Waals surface area contributed by atoms with E-state index in [2.05, 4.69) is 21.6 Å². The molecule has 0 spiro atoms. The zero-order valence-corrected chi connectivity index (χ0v) is 16.4. The third-order valence-corrected chi connectivity index (χ3v) is 6.60. The summed E-state index contributed by atoms with van der Waals surface area (Å²) in [5.74, 6) is 0.968. The third kappa shape index (κ3) is 2.65. The first-order chi connectivity index (χ1) is 13.5. The Bertz CT molecular complexity index is 1140. The lowest BCUT2D eigenvalue weighted by Crippen LogP contribution is -2.48. The highest BCUT2D eigenvalue weighted by atomic mass is 16.1. The number of piperidine rings is 1. The van der Waals surface area contributed by atoms with Gasteiger partial charge in [0.25, 0.3) is 5.56 Å². The molecule has 1 saturated heterocycles. The quantitative estimate of drug-likeness (QED) is 0.662. The first-order valence-corrected chi connectivity index (χ1v) is 10.0. The van der Waals surface area contributed by atoms with Crippen LogP contribution in [0.25, 0.3) is 10.9 Å². The highest BCUT2D eigenvalue weighted by molar-refractivity contribution is 6.10. The Morgan fingerprint density at radius 1 is 1.07 bits per heavy atom. The molecule has 2 bridgehead atoms. The number of carbonyl (C=O) groups excluding carboxylic acids is 1. The average Bonchev–Trinajstić information content (AvgIpc) is 2.94. The van der Waals surface area contributed by atoms with E-state index in [1.54, 1.807) is 6.07 Å². The second-order valence-corrected chi connectivity index (χ2v) is 8.35. The zero-order valence-electron chi connectivity index (χ0n) is 16.4. The lowest BCUT2D eigenvalue weighted by molar-refractivity contribution is 0.0818. The van der Waals surface area contributed by atoms with Gasteiger partial charge in [0.05, 0.1) is 6.54 Å². The van der Waals surface area contributed by atoms with Crippen molar-refractivity contribution in [2.45, 2.75) is 25.8 Å². The topological polar surface area (TPSA) is 47.2 Å². The van der Waals surface area contributed by atoms with E-state index in [1.165, 1.54) is 0 Å². The molecule has 4 heterocycles. The summed E-state index contributed by atoms with van der Waals surface area (Å²) in [5, 5.41) is 1.04. The molecule has 1 aromatic carbocycles. The first-order valence-electron chi connectivity index (χ1n) is 10.0. The maximum atomic E-state index is 13.3. The van der Waals surface area contributed by atoms with Gasteiger partial charge < -0.3 is 9.13 Å². The normalized spacial score (nSPS) is 21.6. The number of rotatable bonds is 3. The molecule has 5 nitrogen and oxygen atoms in total. The zero-order chi connectivity index (χ0) is 19.4. The molecule has 0 radical (unpaired) electrons. The molecule has 5 rings (SSSR count). The van der Waals surface area contributed by atoms with E-state index in [4.69, 9.17) is 0 Å². The Morgan fingerprint density at radius 3 is 2.75 bits per heavy atom. The van der Waals surface area contributed by atoms with Gasteiger partial charge in [-0.25, -0.2) is 0 Å². The van der Waals surface area contributed by atoms with Crippen LogP contribution in [0.4, 0.5) is 0 Å². The van der Waals surface area contributed by atoms with Crippen molar-refractivity contribution in [3.8, 4) is 0 Å². The molecule has 0 aliphatic carbocycles. The molecule has 5 heteroatoms. The molecule has 144 valence electrons. The molecule has 0 saturated carbocycles. The number of carbonyl (C=O) groups is 1. The van der Waals surface area contributed by atoms with E-state index in [9.17, 15) is 9.59 Å². The number of hydrogen-bond donors (Lipinski definition) is 0. The SMILES string of the molecule is Cc1c(C(=O)CN2C[C@@H]3C[C@@H](C2)c2cccc(=O)n2C3)c2ccccc2n1C. The van der Waals surface area contributed by atoms with Crippen LogP contribution in [0.5, 0.6) is 0 Å². The van der Waals surface area contributed by atoms with Crippen LogP contribution in [0, 0.1) is 12.8 Å². The number of aryl methyl sites for hydroxylation is 1. The first kappa shape index (κ1) is 17.4. The molecule has 1 fully saturated rings. The Kier molecular flexibility index (Phi) is 4.02. The number of nitrogens with zero attached hydrogens (tertiary/aromatic N) is 3. The van der Waals surface area contributed by atoms with E-state index in [-0.39, 0.29) is 11.3 Å². The van der Waals surface area contributed by atoms with Gasteiger partial charge in [0.1, 0.15) is 0 Å². The predicted octanol–water partition coefficient (Wildman–Crippen LogP) is 2.95. The molecule has 2 aromatic heterocycles. The third-order valence-electron chi connectivity index (χ3n) is 6.60. The lowest BCUT2D eigenvalue weighted by atomic mass is 9.83. The van der Waals surface area contributed by atoms with Gasteiger partial charge in [-0.1, -0.05) is 24.3 Å². The number of para-hydroxylation sites is 1. The van der Waals surface area contributed by atoms with Gasteiger partial charge in [-0.3, -0.25) is 14.5 Å². The van der Waals surface area contributed by atoms with Crippen molar-refractivity contribution >= 4 is 16.7 Å². The van der Waals surface area contributed by atoms with Gasteiger partial charge in [0.2, 0.25) is 0 Å². The van der Waals surface area contributed by atoms with E-state index in [0.29, 0.717) is 18.4 Å². The summed E-state index contributed by atoms with van der Waals surface area (Å²) in [5.41, 5.74) is 4.21. The van der Waals surface area contributed by atoms with Crippen molar-refractivity contribution in [3.05, 3.63) is 69.8 Å². The summed E-state index contributed by atoms with van der Waals surface area (Å²) in [6.45, 7) is 4.96. The van der Waals surface area contributed by atoms with E-state index in [0.717, 1.165) is 53.9 Å². The van der Waals surface area contributed by atoms with Crippen LogP contribution in [0.2, 0.25) is 0 Å². The number of hydrogen-bond acceptors (Lipinski definition) is 3. The van der Waals surface area contributed by atoms with Gasteiger partial charge in [0.15, 0.2) is 5.78 Å². The van der Waals surface area contributed by atoms with Crippen LogP contribution in [-0.4, -0.2) is 39.5 Å². The second-order valence-electron chi connectivity index (χ2n) is 8.35. The van der Waals surface area contributed by atoms with Crippen molar-refractivity contribution in [2.24, 2.45) is 13.0 Å². The molecule has 2 atom stereocenters. The number of pyridine rings is 1. The fraction of sp³-hybridized carbons (Fsp3) is 0.391. The van der Waals surface area contributed by atoms with E-state index >= 15 is 0 Å². The number of ketones is 1. The smallest absolute Gasteiger partial charge is 0.250 e. The Morgan fingerprint density at radius 2 is 1.89 bits per heavy atom. The van der Waals surface area contributed by atoms with Crippen LogP contribution in [0.1, 0.15) is 34.1 Å². The maximum Gasteiger partial charge on any atom is 0.250 e. The average molecular weight is 375 g/mol. The molecule has 3 aromatic rings. The van der Waals surface area contributed by atoms with Gasteiger partial charge in [-0.15, -0.1) is 0 Å². The minimum absolute atomic E-state index is 0.100. The summed E-state index contributed by atoms with van der Waals surface area (Å²) in [4.78, 5) is 27.8. The van der Waals surface area contributed by atoms with Crippen molar-refractivity contribution < 1.29 is 4.79 Å². The van der Waals surface area contributed by atoms with Crippen molar-refractivity contribution in [1.82, 2.24) is 14.0 Å². The van der Waals surface area contributed by atoms with Crippen molar-refractivity contribution in [2.75, 3.05) is 19.6 Å². The molecule has 2 aliphatic rings. The highest BCUT2D eigenvalue weighted by Gasteiger charge is 2.35. The Labute approximate surface area is 164 Å². The van der Waals surface area contributed by atoms with E-state index in [1.807, 2.05) is 42.8 Å². The fourth-order valence-corrected chi connectivity index (χ4v) is 5.28. The number of likely N-dealkylation sites (tertiary alicyclic amines) is 1. The molecule has 0 N–H and O–H groups in total. The van der Waals surface area contributed by atoms with Crippen molar-refractivity contribution in [3.63, 3.8) is 0 Å². The Balaban J connectivity index is 1.42. The minimum Gasteiger partial charge on any atom is -0.347 e. The van der Waals surface area contributed by atoms with Gasteiger partial charge in [0, 0.05) is 66.5 Å². The summed E-state index contributed by atoms with van der Waals surface area (Å²) in [6.07, 6.45) is 1.11. The fourth-order valence-electron chi connectivity index (χ4n) is 5.28. The minimum atomic E-state index is 0.100. The predicted molar refractivity (Wildman–Crippen MR) is 110 cm³/mol. The molecular formula is C23H25N3O2. The molecular weight excluding hydrogens is 350 g/mol. The number of benzene rings is 1. The van der Waals surface area contributed by atoms with Crippen LogP contribution in [0.15, 0.2) is 47.3 Å². The summed E-state index contributed by atoms with van der Waals surface area (Å²) >= 11 is 0. The number of aromatic nitrogens is 2. The van der Waals surface area contributed by atoms with E-state index < -0.39 is 0 Å².